The van der Waals surface area contributed by atoms with E-state index in [2.05, 4.69) is 5.32 Å². The Morgan fingerprint density at radius 1 is 1.24 bits per heavy atom. The predicted octanol–water partition coefficient (Wildman–Crippen LogP) is 2.84. The molecule has 0 radical (unpaired) electrons. The number of nitrogens with one attached hydrogen (secondary N) is 1. The minimum absolute atomic E-state index is 0.126. The molecular weight excluding hydrogens is 339 g/mol. The highest BCUT2D eigenvalue weighted by Crippen LogP contribution is 2.27. The van der Waals surface area contributed by atoms with Crippen molar-refractivity contribution in [2.75, 3.05) is 57.0 Å². The van der Waals surface area contributed by atoms with Crippen LogP contribution in [-0.2, 0) is 4.79 Å². The van der Waals surface area contributed by atoms with E-state index in [0.717, 1.165) is 10.7 Å². The number of benzene rings is 1. The Morgan fingerprint density at radius 3 is 2.60 bits per heavy atom. The smallest absolute Gasteiger partial charge is 0.236 e. The third kappa shape index (κ3) is 4.49. The van der Waals surface area contributed by atoms with E-state index in [9.17, 15) is 9.18 Å². The van der Waals surface area contributed by atoms with Gasteiger partial charge in [0, 0.05) is 31.9 Å². The number of rotatable bonds is 5. The van der Waals surface area contributed by atoms with Crippen molar-refractivity contribution in [1.29, 1.82) is 0 Å². The van der Waals surface area contributed by atoms with Gasteiger partial charge in [-0.3, -0.25) is 4.79 Å². The lowest BCUT2D eigenvalue weighted by Gasteiger charge is -2.36. The van der Waals surface area contributed by atoms with Crippen LogP contribution in [0.4, 0.5) is 20.8 Å². The van der Waals surface area contributed by atoms with Gasteiger partial charge < -0.3 is 20.0 Å². The number of carbonyl (C=O) groups excluding carboxylic acids is 1. The third-order valence-corrected chi connectivity index (χ3v) is 4.95. The number of nitrogens with zero attached hydrogens (tertiary/aromatic N) is 3. The summed E-state index contributed by atoms with van der Waals surface area (Å²) in [5.41, 5.74) is 1.33. The van der Waals surface area contributed by atoms with E-state index >= 15 is 0 Å². The Hall–Kier alpha value is -2.12. The average Bonchev–Trinajstić information content (AvgIpc) is 3.07. The minimum Gasteiger partial charge on any atom is -0.366 e. The monoisotopic (exact) mass is 362 g/mol. The molecule has 3 rings (SSSR count). The van der Waals surface area contributed by atoms with Crippen LogP contribution in [0, 0.1) is 5.82 Å². The number of anilines is 3. The van der Waals surface area contributed by atoms with Crippen LogP contribution in [0.2, 0.25) is 0 Å². The van der Waals surface area contributed by atoms with Crippen molar-refractivity contribution in [3.8, 4) is 0 Å². The Morgan fingerprint density at radius 2 is 2.00 bits per heavy atom. The van der Waals surface area contributed by atoms with Crippen LogP contribution in [0.1, 0.15) is 0 Å². The van der Waals surface area contributed by atoms with Crippen molar-refractivity contribution < 1.29 is 9.18 Å². The quantitative estimate of drug-likeness (QED) is 0.888. The van der Waals surface area contributed by atoms with Crippen molar-refractivity contribution in [3.05, 3.63) is 41.5 Å². The highest BCUT2D eigenvalue weighted by Gasteiger charge is 2.23. The number of hydrogen-bond acceptors (Lipinski definition) is 5. The molecular formula is C18H23FN4OS. The Balaban J connectivity index is 1.60. The summed E-state index contributed by atoms with van der Waals surface area (Å²) >= 11 is 1.58. The number of halogens is 1. The second-order valence-electron chi connectivity index (χ2n) is 6.37. The van der Waals surface area contributed by atoms with Gasteiger partial charge in [0.05, 0.1) is 17.2 Å². The van der Waals surface area contributed by atoms with Gasteiger partial charge in [0.1, 0.15) is 5.82 Å². The van der Waals surface area contributed by atoms with E-state index in [1.165, 1.54) is 6.07 Å². The fraction of sp³-hybridized carbons (Fsp3) is 0.389. The molecule has 1 fully saturated rings. The van der Waals surface area contributed by atoms with Gasteiger partial charge in [-0.1, -0.05) is 0 Å². The van der Waals surface area contributed by atoms with Crippen LogP contribution in [-0.4, -0.2) is 62.5 Å². The average molecular weight is 362 g/mol. The molecule has 0 aliphatic carbocycles. The maximum atomic E-state index is 14.5. The molecule has 1 aromatic carbocycles. The van der Waals surface area contributed by atoms with Crippen LogP contribution < -0.4 is 10.2 Å². The molecule has 7 heteroatoms. The predicted molar refractivity (Wildman–Crippen MR) is 101 cm³/mol. The molecule has 134 valence electrons. The van der Waals surface area contributed by atoms with E-state index in [0.29, 0.717) is 38.4 Å². The first-order valence-corrected chi connectivity index (χ1v) is 9.18. The fourth-order valence-corrected chi connectivity index (χ4v) is 3.54. The first-order valence-electron chi connectivity index (χ1n) is 8.30. The number of amides is 1. The fourth-order valence-electron chi connectivity index (χ4n) is 2.90. The molecule has 1 aliphatic heterocycles. The summed E-state index contributed by atoms with van der Waals surface area (Å²) in [7, 11) is 3.77. The molecule has 0 spiro atoms. The lowest BCUT2D eigenvalue weighted by Crippen LogP contribution is -2.50. The van der Waals surface area contributed by atoms with Crippen molar-refractivity contribution >= 4 is 33.6 Å². The highest BCUT2D eigenvalue weighted by atomic mass is 32.1. The van der Waals surface area contributed by atoms with Crippen LogP contribution in [0.15, 0.2) is 35.7 Å². The lowest BCUT2D eigenvalue weighted by atomic mass is 10.2. The van der Waals surface area contributed by atoms with Gasteiger partial charge in [-0.05, 0) is 49.8 Å². The molecule has 25 heavy (non-hydrogen) atoms. The summed E-state index contributed by atoms with van der Waals surface area (Å²) in [5, 5.41) is 6.16. The van der Waals surface area contributed by atoms with Gasteiger partial charge in [-0.2, -0.15) is 0 Å². The summed E-state index contributed by atoms with van der Waals surface area (Å²) in [6.45, 7) is 2.96. The van der Waals surface area contributed by atoms with Crippen LogP contribution >= 0.6 is 11.3 Å². The zero-order valence-corrected chi connectivity index (χ0v) is 15.4. The highest BCUT2D eigenvalue weighted by molar-refractivity contribution is 7.14. The normalized spacial score (nSPS) is 14.9. The summed E-state index contributed by atoms with van der Waals surface area (Å²) in [4.78, 5) is 17.8. The number of likely N-dealkylation sites (N-methyl/N-ethyl adjacent to an activating group) is 1. The molecule has 0 saturated carbocycles. The Kier molecular flexibility index (Phi) is 5.55. The molecule has 0 atom stereocenters. The second-order valence-corrected chi connectivity index (χ2v) is 7.32. The zero-order valence-electron chi connectivity index (χ0n) is 14.5. The summed E-state index contributed by atoms with van der Waals surface area (Å²) in [6, 6.07) is 9.14. The number of hydrogen-bond donors (Lipinski definition) is 1. The van der Waals surface area contributed by atoms with Gasteiger partial charge in [0.15, 0.2) is 0 Å². The van der Waals surface area contributed by atoms with Crippen molar-refractivity contribution in [2.24, 2.45) is 0 Å². The Bertz CT molecular complexity index is 712. The topological polar surface area (TPSA) is 38.8 Å². The minimum atomic E-state index is -0.241. The van der Waals surface area contributed by atoms with Gasteiger partial charge in [0.2, 0.25) is 5.91 Å². The molecule has 0 unspecified atom stereocenters. The third-order valence-electron chi connectivity index (χ3n) is 4.16. The first kappa shape index (κ1) is 17.7. The van der Waals surface area contributed by atoms with Crippen LogP contribution in [0.25, 0.3) is 0 Å². The second kappa shape index (κ2) is 7.84. The number of thiophene rings is 1. The summed E-state index contributed by atoms with van der Waals surface area (Å²) in [6.07, 6.45) is 0. The number of carbonyl (C=O) groups is 1. The first-order chi connectivity index (χ1) is 12.0. The molecule has 2 aromatic rings. The van der Waals surface area contributed by atoms with Gasteiger partial charge in [-0.25, -0.2) is 4.39 Å². The van der Waals surface area contributed by atoms with E-state index < -0.39 is 0 Å². The zero-order chi connectivity index (χ0) is 17.8. The summed E-state index contributed by atoms with van der Waals surface area (Å²) in [5.74, 6) is -0.116. The molecule has 1 aliphatic rings. The SMILES string of the molecule is CN(C)CC(=O)N1CCN(c2ccc(Nc3cccs3)cc2F)CC1. The molecule has 5 nitrogen and oxygen atoms in total. The molecule has 1 N–H and O–H groups in total. The van der Waals surface area contributed by atoms with Crippen molar-refractivity contribution in [2.45, 2.75) is 0 Å². The molecule has 0 bridgehead atoms. The lowest BCUT2D eigenvalue weighted by molar-refractivity contribution is -0.132. The maximum Gasteiger partial charge on any atom is 0.236 e. The van der Waals surface area contributed by atoms with Crippen LogP contribution in [0.5, 0.6) is 0 Å². The Labute approximate surface area is 151 Å². The van der Waals surface area contributed by atoms with Gasteiger partial charge in [0.25, 0.3) is 0 Å². The molecule has 1 saturated heterocycles. The van der Waals surface area contributed by atoms with E-state index in [1.54, 1.807) is 11.3 Å². The van der Waals surface area contributed by atoms with Gasteiger partial charge in [-0.15, -0.1) is 11.3 Å². The van der Waals surface area contributed by atoms with E-state index in [-0.39, 0.29) is 11.7 Å². The van der Waals surface area contributed by atoms with Crippen LogP contribution in [0.3, 0.4) is 0 Å². The molecule has 1 amide bonds. The van der Waals surface area contributed by atoms with Crippen molar-refractivity contribution in [3.63, 3.8) is 0 Å². The standard InChI is InChI=1S/C18H23FN4OS/c1-21(2)13-18(24)23-9-7-22(8-10-23)16-6-5-14(12-15(16)19)20-17-4-3-11-25-17/h3-6,11-12,20H,7-10,13H2,1-2H3. The number of piperazine rings is 1. The van der Waals surface area contributed by atoms with Crippen molar-refractivity contribution in [1.82, 2.24) is 9.80 Å². The molecule has 2 heterocycles. The van der Waals surface area contributed by atoms with Gasteiger partial charge >= 0.3 is 0 Å². The molecule has 1 aromatic heterocycles. The maximum absolute atomic E-state index is 14.5. The van der Waals surface area contributed by atoms with E-state index in [4.69, 9.17) is 0 Å². The van der Waals surface area contributed by atoms with E-state index in [1.807, 2.05) is 58.4 Å². The summed E-state index contributed by atoms with van der Waals surface area (Å²) < 4.78 is 14.5. The largest absolute Gasteiger partial charge is 0.366 e.